The Bertz CT molecular complexity index is 1340. The largest absolute Gasteiger partial charge is 0.462 e. The fourth-order valence-corrected chi connectivity index (χ4v) is 5.79. The highest BCUT2D eigenvalue weighted by Crippen LogP contribution is 2.47. The minimum Gasteiger partial charge on any atom is -0.462 e. The Morgan fingerprint density at radius 3 is 2.33 bits per heavy atom. The summed E-state index contributed by atoms with van der Waals surface area (Å²) in [6.45, 7) is 2.18. The summed E-state index contributed by atoms with van der Waals surface area (Å²) in [6, 6.07) is 27.9. The molecule has 0 saturated carbocycles. The second kappa shape index (κ2) is 10.7. The first-order valence-electron chi connectivity index (χ1n) is 12.3. The molecule has 3 aromatic rings. The van der Waals surface area contributed by atoms with Crippen LogP contribution in [0.15, 0.2) is 112 Å². The van der Waals surface area contributed by atoms with E-state index in [1.165, 1.54) is 0 Å². The van der Waals surface area contributed by atoms with Gasteiger partial charge in [-0.1, -0.05) is 94.8 Å². The summed E-state index contributed by atoms with van der Waals surface area (Å²) in [7, 11) is 0. The van der Waals surface area contributed by atoms with Gasteiger partial charge in [0.05, 0.1) is 12.2 Å². The summed E-state index contributed by atoms with van der Waals surface area (Å²) in [5, 5.41) is 3.43. The third-order valence-electron chi connectivity index (χ3n) is 7.00. The number of Topliss-reactive ketones (excluding diaryl/α,β-unsaturated/α-hetero) is 1. The molecule has 0 spiro atoms. The second-order valence-corrected chi connectivity index (χ2v) is 10.2. The van der Waals surface area contributed by atoms with Gasteiger partial charge in [0.25, 0.3) is 0 Å². The van der Waals surface area contributed by atoms with Crippen LogP contribution in [-0.2, 0) is 20.7 Å². The number of dihydropyridines is 1. The van der Waals surface area contributed by atoms with Gasteiger partial charge in [-0.25, -0.2) is 4.79 Å². The summed E-state index contributed by atoms with van der Waals surface area (Å²) in [6.07, 6.45) is 1.78. The van der Waals surface area contributed by atoms with Crippen molar-refractivity contribution in [2.24, 2.45) is 0 Å². The van der Waals surface area contributed by atoms with Crippen LogP contribution >= 0.6 is 15.9 Å². The van der Waals surface area contributed by atoms with Crippen LogP contribution in [0.25, 0.3) is 0 Å². The van der Waals surface area contributed by atoms with Crippen LogP contribution in [-0.4, -0.2) is 18.4 Å². The first-order valence-corrected chi connectivity index (χ1v) is 13.1. The Morgan fingerprint density at radius 1 is 0.944 bits per heavy atom. The van der Waals surface area contributed by atoms with Crippen LogP contribution in [0, 0.1) is 0 Å². The Labute approximate surface area is 220 Å². The van der Waals surface area contributed by atoms with Gasteiger partial charge in [0, 0.05) is 40.2 Å². The number of nitrogens with one attached hydrogen (secondary N) is 1. The SMILES string of the molecule is CC1=C(C(=O)OCCc2ccccc2)[C@H](c2ccccc2Br)C2=C(C[C@H](c3ccccc3)CC2=O)N1. The molecule has 0 saturated heterocycles. The van der Waals surface area contributed by atoms with E-state index in [0.717, 1.165) is 39.0 Å². The third-order valence-corrected chi connectivity index (χ3v) is 7.72. The highest BCUT2D eigenvalue weighted by molar-refractivity contribution is 9.10. The molecule has 1 N–H and O–H groups in total. The average molecular weight is 542 g/mol. The van der Waals surface area contributed by atoms with Gasteiger partial charge >= 0.3 is 5.97 Å². The number of esters is 1. The van der Waals surface area contributed by atoms with E-state index in [9.17, 15) is 9.59 Å². The minimum atomic E-state index is -0.481. The lowest BCUT2D eigenvalue weighted by Crippen LogP contribution is -2.36. The van der Waals surface area contributed by atoms with Crippen LogP contribution in [0.3, 0.4) is 0 Å². The van der Waals surface area contributed by atoms with E-state index in [0.29, 0.717) is 24.0 Å². The van der Waals surface area contributed by atoms with E-state index in [1.54, 1.807) is 0 Å². The van der Waals surface area contributed by atoms with Crippen LogP contribution in [0.1, 0.15) is 48.3 Å². The fourth-order valence-electron chi connectivity index (χ4n) is 5.27. The molecule has 0 radical (unpaired) electrons. The Balaban J connectivity index is 1.47. The summed E-state index contributed by atoms with van der Waals surface area (Å²) >= 11 is 3.67. The Hall–Kier alpha value is -3.44. The Kier molecular flexibility index (Phi) is 7.19. The predicted molar refractivity (Wildman–Crippen MR) is 144 cm³/mol. The van der Waals surface area contributed by atoms with Crippen molar-refractivity contribution in [2.75, 3.05) is 6.61 Å². The van der Waals surface area contributed by atoms with Crippen molar-refractivity contribution in [2.45, 2.75) is 38.0 Å². The number of carbonyl (C=O) groups is 2. The number of halogens is 1. The second-order valence-electron chi connectivity index (χ2n) is 9.32. The van der Waals surface area contributed by atoms with E-state index in [4.69, 9.17) is 4.74 Å². The number of hydrogen-bond donors (Lipinski definition) is 1. The molecule has 5 heteroatoms. The maximum atomic E-state index is 13.7. The molecule has 5 rings (SSSR count). The maximum Gasteiger partial charge on any atom is 0.336 e. The molecule has 182 valence electrons. The van der Waals surface area contributed by atoms with Crippen molar-refractivity contribution in [1.82, 2.24) is 5.32 Å². The zero-order valence-electron chi connectivity index (χ0n) is 20.2. The smallest absolute Gasteiger partial charge is 0.336 e. The average Bonchev–Trinajstić information content (AvgIpc) is 2.89. The highest BCUT2D eigenvalue weighted by atomic mass is 79.9. The standard InChI is InChI=1S/C31H28BrNO3/c1-20-28(31(35)36-17-16-21-10-4-2-5-11-21)29(24-14-8-9-15-25(24)32)30-26(33-20)18-23(19-27(30)34)22-12-6-3-7-13-22/h2-15,23,29,33H,16-19H2,1H3/t23-,29-/m0/s1. The molecule has 1 heterocycles. The first kappa shape index (κ1) is 24.3. The van der Waals surface area contributed by atoms with Crippen molar-refractivity contribution >= 4 is 27.7 Å². The van der Waals surface area contributed by atoms with Gasteiger partial charge in [0.15, 0.2) is 5.78 Å². The van der Waals surface area contributed by atoms with Gasteiger partial charge in [0.1, 0.15) is 0 Å². The molecule has 0 aromatic heterocycles. The van der Waals surface area contributed by atoms with E-state index in [1.807, 2.05) is 79.7 Å². The Morgan fingerprint density at radius 2 is 1.61 bits per heavy atom. The minimum absolute atomic E-state index is 0.0699. The van der Waals surface area contributed by atoms with E-state index >= 15 is 0 Å². The number of ether oxygens (including phenoxy) is 1. The molecule has 1 aliphatic carbocycles. The predicted octanol–water partition coefficient (Wildman–Crippen LogP) is 6.60. The van der Waals surface area contributed by atoms with Gasteiger partial charge in [-0.05, 0) is 42.0 Å². The van der Waals surface area contributed by atoms with Gasteiger partial charge in [-0.3, -0.25) is 4.79 Å². The van der Waals surface area contributed by atoms with Crippen molar-refractivity contribution in [3.63, 3.8) is 0 Å². The molecule has 0 unspecified atom stereocenters. The topological polar surface area (TPSA) is 55.4 Å². The number of hydrogen-bond acceptors (Lipinski definition) is 4. The molecule has 0 amide bonds. The number of allylic oxidation sites excluding steroid dienone is 3. The molecule has 0 bridgehead atoms. The van der Waals surface area contributed by atoms with Gasteiger partial charge in [-0.2, -0.15) is 0 Å². The summed E-state index contributed by atoms with van der Waals surface area (Å²) in [4.78, 5) is 27.2. The van der Waals surface area contributed by atoms with Gasteiger partial charge in [-0.15, -0.1) is 0 Å². The van der Waals surface area contributed by atoms with E-state index < -0.39 is 5.92 Å². The summed E-state index contributed by atoms with van der Waals surface area (Å²) in [5.41, 5.74) is 5.98. The van der Waals surface area contributed by atoms with Gasteiger partial charge < -0.3 is 10.1 Å². The molecular formula is C31H28BrNO3. The molecule has 2 atom stereocenters. The van der Waals surface area contributed by atoms with E-state index in [-0.39, 0.29) is 24.3 Å². The molecule has 36 heavy (non-hydrogen) atoms. The van der Waals surface area contributed by atoms with Crippen LogP contribution < -0.4 is 5.32 Å². The molecule has 3 aromatic carbocycles. The monoisotopic (exact) mass is 541 g/mol. The quantitative estimate of drug-likeness (QED) is 0.357. The van der Waals surface area contributed by atoms with Gasteiger partial charge in [0.2, 0.25) is 0 Å². The van der Waals surface area contributed by atoms with Crippen LogP contribution in [0.5, 0.6) is 0 Å². The van der Waals surface area contributed by atoms with Crippen LogP contribution in [0.2, 0.25) is 0 Å². The number of carbonyl (C=O) groups excluding carboxylic acids is 2. The van der Waals surface area contributed by atoms with Crippen LogP contribution in [0.4, 0.5) is 0 Å². The highest BCUT2D eigenvalue weighted by Gasteiger charge is 2.42. The zero-order valence-corrected chi connectivity index (χ0v) is 21.8. The van der Waals surface area contributed by atoms with Crippen molar-refractivity contribution in [3.05, 3.63) is 129 Å². The maximum absolute atomic E-state index is 13.7. The van der Waals surface area contributed by atoms with E-state index in [2.05, 4.69) is 33.4 Å². The summed E-state index contributed by atoms with van der Waals surface area (Å²) in [5.74, 6) is -0.691. The summed E-state index contributed by atoms with van der Waals surface area (Å²) < 4.78 is 6.63. The molecule has 0 fully saturated rings. The number of ketones is 1. The molecule has 2 aliphatic rings. The lowest BCUT2D eigenvalue weighted by atomic mass is 9.72. The van der Waals surface area contributed by atoms with Crippen molar-refractivity contribution in [3.8, 4) is 0 Å². The third kappa shape index (κ3) is 4.93. The lowest BCUT2D eigenvalue weighted by molar-refractivity contribution is -0.139. The fraction of sp³-hybridized carbons (Fsp3) is 0.226. The number of rotatable bonds is 6. The lowest BCUT2D eigenvalue weighted by Gasteiger charge is -2.37. The first-order chi connectivity index (χ1) is 17.5. The molecular weight excluding hydrogens is 514 g/mol. The van der Waals surface area contributed by atoms with Crippen molar-refractivity contribution in [1.29, 1.82) is 0 Å². The molecule has 1 aliphatic heterocycles. The molecule has 4 nitrogen and oxygen atoms in total. The zero-order chi connectivity index (χ0) is 25.1. The normalized spacial score (nSPS) is 19.6. The van der Waals surface area contributed by atoms with Crippen molar-refractivity contribution < 1.29 is 14.3 Å². The number of benzene rings is 3.